The second-order valence-electron chi connectivity index (χ2n) is 5.33. The molecule has 0 saturated carbocycles. The summed E-state index contributed by atoms with van der Waals surface area (Å²) in [4.78, 5) is 18.5. The van der Waals surface area contributed by atoms with E-state index >= 15 is 0 Å². The zero-order valence-electron chi connectivity index (χ0n) is 12.1. The lowest BCUT2D eigenvalue weighted by Crippen LogP contribution is -2.48. The van der Waals surface area contributed by atoms with Crippen LogP contribution in [-0.4, -0.2) is 46.4 Å². The van der Waals surface area contributed by atoms with Crippen molar-refractivity contribution in [2.75, 3.05) is 13.1 Å². The molecule has 0 radical (unpaired) electrons. The second-order valence-corrected chi connectivity index (χ2v) is 6.27. The summed E-state index contributed by atoms with van der Waals surface area (Å²) >= 11 is 1.44. The molecule has 0 spiro atoms. The highest BCUT2D eigenvalue weighted by atomic mass is 32.1. The summed E-state index contributed by atoms with van der Waals surface area (Å²) in [5.74, 6) is -0.840. The molecule has 0 aliphatic carbocycles. The molecular formula is C13H18F3N3O2S. The van der Waals surface area contributed by atoms with E-state index in [-0.39, 0.29) is 32.0 Å². The van der Waals surface area contributed by atoms with Crippen LogP contribution in [-0.2, 0) is 6.54 Å². The molecule has 1 saturated heterocycles. The number of amides is 2. The number of carbonyl (C=O) groups is 1. The number of nitrogens with zero attached hydrogens (tertiary/aromatic N) is 2. The average Bonchev–Trinajstić information content (AvgIpc) is 2.88. The number of carbonyl (C=O) groups excluding carboxylic acids is 1. The van der Waals surface area contributed by atoms with Crippen LogP contribution in [0.3, 0.4) is 0 Å². The van der Waals surface area contributed by atoms with Gasteiger partial charge in [0.15, 0.2) is 6.10 Å². The largest absolute Gasteiger partial charge is 0.414 e. The van der Waals surface area contributed by atoms with Gasteiger partial charge in [0.25, 0.3) is 0 Å². The lowest BCUT2D eigenvalue weighted by atomic mass is 9.91. The zero-order valence-corrected chi connectivity index (χ0v) is 12.9. The van der Waals surface area contributed by atoms with Crippen molar-refractivity contribution < 1.29 is 23.1 Å². The predicted molar refractivity (Wildman–Crippen MR) is 75.4 cm³/mol. The number of hydrogen-bond acceptors (Lipinski definition) is 4. The predicted octanol–water partition coefficient (Wildman–Crippen LogP) is 2.30. The van der Waals surface area contributed by atoms with Crippen LogP contribution in [0.4, 0.5) is 18.0 Å². The molecule has 2 N–H and O–H groups in total. The third-order valence-corrected chi connectivity index (χ3v) is 4.79. The molecular weight excluding hydrogens is 319 g/mol. The minimum absolute atomic E-state index is 0.147. The van der Waals surface area contributed by atoms with Crippen molar-refractivity contribution in [3.05, 3.63) is 16.1 Å². The summed E-state index contributed by atoms with van der Waals surface area (Å²) in [6, 6.07) is -0.298. The summed E-state index contributed by atoms with van der Waals surface area (Å²) in [7, 11) is 0. The maximum Gasteiger partial charge on any atom is 0.414 e. The van der Waals surface area contributed by atoms with E-state index in [0.717, 1.165) is 10.6 Å². The first-order valence-corrected chi connectivity index (χ1v) is 7.83. The molecule has 1 unspecified atom stereocenters. The van der Waals surface area contributed by atoms with Crippen LogP contribution in [0, 0.1) is 12.8 Å². The molecule has 1 aliphatic rings. The van der Waals surface area contributed by atoms with Gasteiger partial charge in [-0.3, -0.25) is 0 Å². The van der Waals surface area contributed by atoms with Crippen LogP contribution in [0.2, 0.25) is 0 Å². The lowest BCUT2D eigenvalue weighted by Gasteiger charge is -2.34. The summed E-state index contributed by atoms with van der Waals surface area (Å²) in [6.07, 6.45) is -6.61. The van der Waals surface area contributed by atoms with Gasteiger partial charge in [-0.2, -0.15) is 13.2 Å². The van der Waals surface area contributed by atoms with Crippen LogP contribution in [0.25, 0.3) is 0 Å². The number of rotatable bonds is 3. The highest BCUT2D eigenvalue weighted by Crippen LogP contribution is 2.31. The normalized spacial score (nSPS) is 18.3. The van der Waals surface area contributed by atoms with E-state index in [1.165, 1.54) is 16.2 Å². The van der Waals surface area contributed by atoms with Gasteiger partial charge in [-0.15, -0.1) is 11.3 Å². The topological polar surface area (TPSA) is 65.5 Å². The summed E-state index contributed by atoms with van der Waals surface area (Å²) in [6.45, 7) is 2.64. The molecule has 0 bridgehead atoms. The van der Waals surface area contributed by atoms with E-state index in [9.17, 15) is 23.1 Å². The van der Waals surface area contributed by atoms with Crippen molar-refractivity contribution in [2.45, 2.75) is 38.6 Å². The Balaban J connectivity index is 1.79. The molecule has 2 heterocycles. The Morgan fingerprint density at radius 1 is 1.55 bits per heavy atom. The third kappa shape index (κ3) is 4.10. The van der Waals surface area contributed by atoms with Crippen molar-refractivity contribution in [3.63, 3.8) is 0 Å². The fourth-order valence-electron chi connectivity index (χ4n) is 2.45. The van der Waals surface area contributed by atoms with Gasteiger partial charge in [0.2, 0.25) is 0 Å². The number of urea groups is 1. The van der Waals surface area contributed by atoms with Crippen LogP contribution < -0.4 is 5.32 Å². The molecule has 1 fully saturated rings. The Hall–Kier alpha value is -1.35. The fourth-order valence-corrected chi connectivity index (χ4v) is 3.17. The van der Waals surface area contributed by atoms with E-state index < -0.39 is 18.2 Å². The minimum Gasteiger partial charge on any atom is -0.383 e. The Kier molecular flexibility index (Phi) is 5.28. The fraction of sp³-hybridized carbons (Fsp3) is 0.692. The van der Waals surface area contributed by atoms with Gasteiger partial charge in [-0.05, 0) is 25.7 Å². The van der Waals surface area contributed by atoms with Crippen LogP contribution in [0.1, 0.15) is 23.4 Å². The first kappa shape index (κ1) is 17.0. The quantitative estimate of drug-likeness (QED) is 0.889. The van der Waals surface area contributed by atoms with E-state index in [1.54, 1.807) is 5.51 Å². The Labute approximate surface area is 130 Å². The van der Waals surface area contributed by atoms with E-state index in [1.807, 2.05) is 6.92 Å². The van der Waals surface area contributed by atoms with Gasteiger partial charge in [0.1, 0.15) is 0 Å². The third-order valence-electron chi connectivity index (χ3n) is 3.85. The lowest BCUT2D eigenvalue weighted by molar-refractivity contribution is -0.222. The van der Waals surface area contributed by atoms with Crippen molar-refractivity contribution in [2.24, 2.45) is 5.92 Å². The first-order chi connectivity index (χ1) is 10.3. The highest BCUT2D eigenvalue weighted by molar-refractivity contribution is 7.09. The van der Waals surface area contributed by atoms with Gasteiger partial charge in [-0.1, -0.05) is 0 Å². The van der Waals surface area contributed by atoms with Crippen molar-refractivity contribution in [1.29, 1.82) is 0 Å². The van der Waals surface area contributed by atoms with E-state index in [0.29, 0.717) is 6.54 Å². The molecule has 1 aliphatic heterocycles. The van der Waals surface area contributed by atoms with Crippen LogP contribution in [0.5, 0.6) is 0 Å². The Bertz CT molecular complexity index is 513. The molecule has 0 aromatic carbocycles. The van der Waals surface area contributed by atoms with E-state index in [4.69, 9.17) is 0 Å². The number of thiazole rings is 1. The number of aliphatic hydroxyl groups is 1. The standard InChI is InChI=1S/C13H18F3N3O2S/c1-8-10(22-7-18-8)6-17-12(21)19-4-2-9(3-5-19)11(20)13(14,15)16/h7,9,11,20H,2-6H2,1H3,(H,17,21). The number of alkyl halides is 3. The number of aliphatic hydroxyl groups excluding tert-OH is 1. The minimum atomic E-state index is -4.60. The molecule has 2 amide bonds. The number of piperidine rings is 1. The summed E-state index contributed by atoms with van der Waals surface area (Å²) in [5, 5.41) is 12.0. The molecule has 2 rings (SSSR count). The Morgan fingerprint density at radius 3 is 2.68 bits per heavy atom. The number of nitrogens with one attached hydrogen (secondary N) is 1. The van der Waals surface area contributed by atoms with Gasteiger partial charge in [0.05, 0.1) is 17.7 Å². The van der Waals surface area contributed by atoms with Crippen molar-refractivity contribution >= 4 is 17.4 Å². The highest BCUT2D eigenvalue weighted by Gasteiger charge is 2.44. The van der Waals surface area contributed by atoms with E-state index in [2.05, 4.69) is 10.3 Å². The SMILES string of the molecule is Cc1ncsc1CNC(=O)N1CCC(C(O)C(F)(F)F)CC1. The molecule has 1 aromatic heterocycles. The Morgan fingerprint density at radius 2 is 2.18 bits per heavy atom. The van der Waals surface area contributed by atoms with Crippen LogP contribution >= 0.6 is 11.3 Å². The monoisotopic (exact) mass is 337 g/mol. The molecule has 124 valence electrons. The van der Waals surface area contributed by atoms with Gasteiger partial charge < -0.3 is 15.3 Å². The number of aromatic nitrogens is 1. The first-order valence-electron chi connectivity index (χ1n) is 6.95. The summed E-state index contributed by atoms with van der Waals surface area (Å²) in [5.41, 5.74) is 2.55. The molecule has 5 nitrogen and oxygen atoms in total. The molecule has 9 heteroatoms. The summed E-state index contributed by atoms with van der Waals surface area (Å²) < 4.78 is 37.4. The van der Waals surface area contributed by atoms with Gasteiger partial charge in [0, 0.05) is 18.0 Å². The molecule has 22 heavy (non-hydrogen) atoms. The molecule has 1 atom stereocenters. The second kappa shape index (κ2) is 6.82. The number of likely N-dealkylation sites (tertiary alicyclic amines) is 1. The number of halogens is 3. The average molecular weight is 337 g/mol. The molecule has 1 aromatic rings. The van der Waals surface area contributed by atoms with Gasteiger partial charge in [-0.25, -0.2) is 9.78 Å². The van der Waals surface area contributed by atoms with Crippen molar-refractivity contribution in [3.8, 4) is 0 Å². The van der Waals surface area contributed by atoms with Gasteiger partial charge >= 0.3 is 12.2 Å². The maximum absolute atomic E-state index is 12.5. The maximum atomic E-state index is 12.5. The number of hydrogen-bond donors (Lipinski definition) is 2. The number of aryl methyl sites for hydroxylation is 1. The zero-order chi connectivity index (χ0) is 16.3. The van der Waals surface area contributed by atoms with Crippen molar-refractivity contribution in [1.82, 2.24) is 15.2 Å². The van der Waals surface area contributed by atoms with Crippen LogP contribution in [0.15, 0.2) is 5.51 Å². The smallest absolute Gasteiger partial charge is 0.383 e.